The topological polar surface area (TPSA) is 26.3 Å². The van der Waals surface area contributed by atoms with Gasteiger partial charge < -0.3 is 4.74 Å². The number of carbonyl (C=O) groups is 1. The minimum Gasteiger partial charge on any atom is -0.456 e. The van der Waals surface area contributed by atoms with Crippen molar-refractivity contribution in [3.05, 3.63) is 35.9 Å². The predicted octanol–water partition coefficient (Wildman–Crippen LogP) is 4.06. The van der Waals surface area contributed by atoms with Crippen LogP contribution in [0, 0.1) is 5.41 Å². The SMILES string of the molecule is CCC(C)(C)C(C)(C)OC(=O)c1ccccc1. The molecule has 0 radical (unpaired) electrons. The summed E-state index contributed by atoms with van der Waals surface area (Å²) in [7, 11) is 0. The largest absolute Gasteiger partial charge is 0.456 e. The van der Waals surface area contributed by atoms with Crippen molar-refractivity contribution in [3.63, 3.8) is 0 Å². The van der Waals surface area contributed by atoms with Gasteiger partial charge in [0.15, 0.2) is 0 Å². The summed E-state index contributed by atoms with van der Waals surface area (Å²) in [5.74, 6) is -0.253. The lowest BCUT2D eigenvalue weighted by Gasteiger charge is -2.40. The van der Waals surface area contributed by atoms with E-state index in [1.54, 1.807) is 12.1 Å². The molecule has 1 aromatic rings. The summed E-state index contributed by atoms with van der Waals surface area (Å²) in [6.07, 6.45) is 0.960. The molecule has 1 rings (SSSR count). The molecule has 2 nitrogen and oxygen atoms in total. The maximum absolute atomic E-state index is 12.0. The predicted molar refractivity (Wildman–Crippen MR) is 70.0 cm³/mol. The second-order valence-corrected chi connectivity index (χ2v) is 5.50. The number of benzene rings is 1. The third-order valence-electron chi connectivity index (χ3n) is 3.87. The van der Waals surface area contributed by atoms with Gasteiger partial charge in [-0.2, -0.15) is 0 Å². The second kappa shape index (κ2) is 4.91. The quantitative estimate of drug-likeness (QED) is 0.734. The van der Waals surface area contributed by atoms with Crippen LogP contribution in [0.2, 0.25) is 0 Å². The molecule has 0 heterocycles. The number of esters is 1. The van der Waals surface area contributed by atoms with E-state index in [0.717, 1.165) is 6.42 Å². The molecule has 0 unspecified atom stereocenters. The molecule has 0 aromatic heterocycles. The first kappa shape index (κ1) is 13.8. The molecule has 0 aliphatic heterocycles. The highest BCUT2D eigenvalue weighted by Crippen LogP contribution is 2.37. The van der Waals surface area contributed by atoms with E-state index >= 15 is 0 Å². The number of carbonyl (C=O) groups excluding carboxylic acids is 1. The zero-order chi connectivity index (χ0) is 13.1. The number of ether oxygens (including phenoxy) is 1. The maximum Gasteiger partial charge on any atom is 0.338 e. The first-order chi connectivity index (χ1) is 7.80. The Morgan fingerprint density at radius 2 is 1.65 bits per heavy atom. The number of rotatable bonds is 4. The van der Waals surface area contributed by atoms with Crippen molar-refractivity contribution in [1.29, 1.82) is 0 Å². The molecule has 0 saturated heterocycles. The zero-order valence-corrected chi connectivity index (χ0v) is 11.4. The summed E-state index contributed by atoms with van der Waals surface area (Å²) in [5.41, 5.74) is 0.0824. The zero-order valence-electron chi connectivity index (χ0n) is 11.4. The van der Waals surface area contributed by atoms with Crippen LogP contribution in [-0.2, 0) is 4.74 Å². The molecule has 0 spiro atoms. The minimum atomic E-state index is -0.478. The minimum absolute atomic E-state index is 0.0442. The normalized spacial score (nSPS) is 12.3. The standard InChI is InChI=1S/C15H22O2/c1-6-14(2,3)15(4,5)17-13(16)12-10-8-7-9-11-12/h7-11H,6H2,1-5H3. The summed E-state index contributed by atoms with van der Waals surface area (Å²) >= 11 is 0. The van der Waals surface area contributed by atoms with Crippen LogP contribution in [0.15, 0.2) is 30.3 Å². The van der Waals surface area contributed by atoms with Crippen LogP contribution in [-0.4, -0.2) is 11.6 Å². The summed E-state index contributed by atoms with van der Waals surface area (Å²) in [6.45, 7) is 10.3. The Labute approximate surface area is 104 Å². The number of hydrogen-bond acceptors (Lipinski definition) is 2. The lowest BCUT2D eigenvalue weighted by molar-refractivity contribution is -0.0635. The van der Waals surface area contributed by atoms with E-state index in [4.69, 9.17) is 4.74 Å². The summed E-state index contributed by atoms with van der Waals surface area (Å²) in [4.78, 5) is 12.0. The van der Waals surface area contributed by atoms with Gasteiger partial charge in [0.25, 0.3) is 0 Å². The van der Waals surface area contributed by atoms with E-state index in [1.807, 2.05) is 32.0 Å². The Balaban J connectivity index is 2.82. The van der Waals surface area contributed by atoms with Gasteiger partial charge in [-0.05, 0) is 32.4 Å². The van der Waals surface area contributed by atoms with Gasteiger partial charge in [0.05, 0.1) is 5.56 Å². The van der Waals surface area contributed by atoms with Crippen LogP contribution in [0.25, 0.3) is 0 Å². The van der Waals surface area contributed by atoms with Crippen molar-refractivity contribution >= 4 is 5.97 Å². The maximum atomic E-state index is 12.0. The molecule has 0 amide bonds. The van der Waals surface area contributed by atoms with E-state index < -0.39 is 5.60 Å². The Hall–Kier alpha value is -1.31. The molecule has 1 aromatic carbocycles. The van der Waals surface area contributed by atoms with Crippen molar-refractivity contribution in [2.24, 2.45) is 5.41 Å². The third-order valence-corrected chi connectivity index (χ3v) is 3.87. The van der Waals surface area contributed by atoms with Crippen LogP contribution >= 0.6 is 0 Å². The Bertz CT molecular complexity index is 377. The average molecular weight is 234 g/mol. The van der Waals surface area contributed by atoms with Crippen molar-refractivity contribution in [3.8, 4) is 0 Å². The van der Waals surface area contributed by atoms with Gasteiger partial charge in [-0.3, -0.25) is 0 Å². The molecule has 0 saturated carbocycles. The summed E-state index contributed by atoms with van der Waals surface area (Å²) in [6, 6.07) is 9.12. The van der Waals surface area contributed by atoms with Crippen LogP contribution in [0.5, 0.6) is 0 Å². The fraction of sp³-hybridized carbons (Fsp3) is 0.533. The van der Waals surface area contributed by atoms with Gasteiger partial charge in [-0.25, -0.2) is 4.79 Å². The Morgan fingerprint density at radius 1 is 1.12 bits per heavy atom. The monoisotopic (exact) mass is 234 g/mol. The fourth-order valence-electron chi connectivity index (χ4n) is 1.43. The first-order valence-electron chi connectivity index (χ1n) is 6.08. The highest BCUT2D eigenvalue weighted by molar-refractivity contribution is 5.89. The molecule has 0 fully saturated rings. The van der Waals surface area contributed by atoms with E-state index in [-0.39, 0.29) is 11.4 Å². The van der Waals surface area contributed by atoms with Crippen molar-refractivity contribution in [1.82, 2.24) is 0 Å². The molecule has 17 heavy (non-hydrogen) atoms. The van der Waals surface area contributed by atoms with Crippen molar-refractivity contribution < 1.29 is 9.53 Å². The molecule has 0 aliphatic carbocycles. The smallest absolute Gasteiger partial charge is 0.338 e. The fourth-order valence-corrected chi connectivity index (χ4v) is 1.43. The van der Waals surface area contributed by atoms with Crippen LogP contribution in [0.4, 0.5) is 0 Å². The van der Waals surface area contributed by atoms with Gasteiger partial charge in [0, 0.05) is 5.41 Å². The highest BCUT2D eigenvalue weighted by atomic mass is 16.6. The lowest BCUT2D eigenvalue weighted by Crippen LogP contribution is -2.42. The molecule has 94 valence electrons. The second-order valence-electron chi connectivity index (χ2n) is 5.50. The molecule has 0 atom stereocenters. The third kappa shape index (κ3) is 3.09. The van der Waals surface area contributed by atoms with Crippen LogP contribution in [0.3, 0.4) is 0 Å². The van der Waals surface area contributed by atoms with Crippen molar-refractivity contribution in [2.45, 2.75) is 46.6 Å². The van der Waals surface area contributed by atoms with E-state index in [1.165, 1.54) is 0 Å². The molecule has 0 aliphatic rings. The first-order valence-corrected chi connectivity index (χ1v) is 6.08. The molecule has 0 N–H and O–H groups in total. The van der Waals surface area contributed by atoms with E-state index in [0.29, 0.717) is 5.56 Å². The van der Waals surface area contributed by atoms with Crippen LogP contribution < -0.4 is 0 Å². The summed E-state index contributed by atoms with van der Waals surface area (Å²) in [5, 5.41) is 0. The van der Waals surface area contributed by atoms with Gasteiger partial charge in [-0.1, -0.05) is 39.0 Å². The van der Waals surface area contributed by atoms with Gasteiger partial charge >= 0.3 is 5.97 Å². The van der Waals surface area contributed by atoms with Gasteiger partial charge in [-0.15, -0.1) is 0 Å². The molecular weight excluding hydrogens is 212 g/mol. The van der Waals surface area contributed by atoms with E-state index in [9.17, 15) is 4.79 Å². The average Bonchev–Trinajstić information content (AvgIpc) is 2.29. The van der Waals surface area contributed by atoms with Gasteiger partial charge in [0.1, 0.15) is 5.60 Å². The molecule has 0 bridgehead atoms. The Morgan fingerprint density at radius 3 is 2.12 bits per heavy atom. The summed E-state index contributed by atoms with van der Waals surface area (Å²) < 4.78 is 5.64. The highest BCUT2D eigenvalue weighted by Gasteiger charge is 2.39. The lowest BCUT2D eigenvalue weighted by atomic mass is 9.75. The Kier molecular flexibility index (Phi) is 3.97. The molecule has 2 heteroatoms. The van der Waals surface area contributed by atoms with E-state index in [2.05, 4.69) is 20.8 Å². The van der Waals surface area contributed by atoms with Gasteiger partial charge in [0.2, 0.25) is 0 Å². The van der Waals surface area contributed by atoms with Crippen molar-refractivity contribution in [2.75, 3.05) is 0 Å². The van der Waals surface area contributed by atoms with Crippen LogP contribution in [0.1, 0.15) is 51.4 Å². The molecular formula is C15H22O2. The number of hydrogen-bond donors (Lipinski definition) is 0.